The van der Waals surface area contributed by atoms with E-state index in [1.54, 1.807) is 0 Å². The number of aliphatic hydroxyl groups excluding tert-OH is 1. The zero-order chi connectivity index (χ0) is 11.0. The van der Waals surface area contributed by atoms with Gasteiger partial charge < -0.3 is 5.11 Å². The summed E-state index contributed by atoms with van der Waals surface area (Å²) in [4.78, 5) is 0. The van der Waals surface area contributed by atoms with E-state index in [1.807, 2.05) is 23.0 Å². The van der Waals surface area contributed by atoms with Crippen molar-refractivity contribution in [3.8, 4) is 0 Å². The van der Waals surface area contributed by atoms with E-state index >= 15 is 0 Å². The third-order valence-corrected chi connectivity index (χ3v) is 2.71. The maximum Gasteiger partial charge on any atom is 0.0718 e. The Labute approximate surface area is 89.3 Å². The highest BCUT2D eigenvalue weighted by molar-refractivity contribution is 5.85. The Morgan fingerprint density at radius 3 is 2.73 bits per heavy atom. The molecule has 2 aromatic rings. The second-order valence-corrected chi connectivity index (χ2v) is 4.14. The molecule has 0 aliphatic rings. The lowest BCUT2D eigenvalue weighted by Crippen LogP contribution is -2.03. The summed E-state index contributed by atoms with van der Waals surface area (Å²) in [6.45, 7) is 6.36. The highest BCUT2D eigenvalue weighted by atomic mass is 16.3. The predicted molar refractivity (Wildman–Crippen MR) is 60.8 cm³/mol. The Morgan fingerprint density at radius 2 is 2.13 bits per heavy atom. The third kappa shape index (κ3) is 1.53. The van der Waals surface area contributed by atoms with Crippen LogP contribution in [0.1, 0.15) is 31.0 Å². The Morgan fingerprint density at radius 1 is 1.40 bits per heavy atom. The number of hydrogen-bond donors (Lipinski definition) is 1. The molecule has 0 saturated carbocycles. The van der Waals surface area contributed by atoms with Crippen LogP contribution in [0.4, 0.5) is 0 Å². The summed E-state index contributed by atoms with van der Waals surface area (Å²) in [5.74, 6) is 0. The Hall–Kier alpha value is -1.35. The fourth-order valence-electron chi connectivity index (χ4n) is 1.91. The van der Waals surface area contributed by atoms with E-state index in [2.05, 4.69) is 25.9 Å². The average Bonchev–Trinajstić information content (AvgIpc) is 2.63. The predicted octanol–water partition coefficient (Wildman–Crippen LogP) is 2.42. The molecule has 1 N–H and O–H groups in total. The molecule has 3 heteroatoms. The van der Waals surface area contributed by atoms with Gasteiger partial charge in [-0.3, -0.25) is 4.68 Å². The SMILES string of the molecule is Cc1ccc(CO)c2cnn(C(C)C)c12. The standard InChI is InChI=1S/C12H16N2O/c1-8(2)14-12-9(3)4-5-10(7-15)11(12)6-13-14/h4-6,8,15H,7H2,1-3H3. The van der Waals surface area contributed by atoms with Crippen LogP contribution >= 0.6 is 0 Å². The van der Waals surface area contributed by atoms with Crippen molar-refractivity contribution in [2.45, 2.75) is 33.4 Å². The summed E-state index contributed by atoms with van der Waals surface area (Å²) in [5, 5.41) is 14.7. The molecule has 15 heavy (non-hydrogen) atoms. The first-order chi connectivity index (χ1) is 7.15. The van der Waals surface area contributed by atoms with Crippen molar-refractivity contribution in [2.75, 3.05) is 0 Å². The normalized spacial score (nSPS) is 11.5. The van der Waals surface area contributed by atoms with E-state index in [-0.39, 0.29) is 6.61 Å². The zero-order valence-electron chi connectivity index (χ0n) is 9.36. The first-order valence-corrected chi connectivity index (χ1v) is 5.21. The molecule has 0 amide bonds. The van der Waals surface area contributed by atoms with Crippen LogP contribution in [0.3, 0.4) is 0 Å². The van der Waals surface area contributed by atoms with Crippen molar-refractivity contribution in [2.24, 2.45) is 0 Å². The molecule has 2 rings (SSSR count). The van der Waals surface area contributed by atoms with Gasteiger partial charge in [-0.05, 0) is 31.9 Å². The number of hydrogen-bond acceptors (Lipinski definition) is 2. The van der Waals surface area contributed by atoms with Gasteiger partial charge in [-0.1, -0.05) is 12.1 Å². The number of aromatic nitrogens is 2. The second-order valence-electron chi connectivity index (χ2n) is 4.14. The molecule has 1 aromatic heterocycles. The smallest absolute Gasteiger partial charge is 0.0718 e. The molecular formula is C12H16N2O. The molecule has 0 bridgehead atoms. The zero-order valence-corrected chi connectivity index (χ0v) is 9.36. The highest BCUT2D eigenvalue weighted by Gasteiger charge is 2.10. The van der Waals surface area contributed by atoms with Gasteiger partial charge in [-0.2, -0.15) is 5.10 Å². The highest BCUT2D eigenvalue weighted by Crippen LogP contribution is 2.24. The van der Waals surface area contributed by atoms with Crippen LogP contribution in [-0.2, 0) is 6.61 Å². The lowest BCUT2D eigenvalue weighted by Gasteiger charge is -2.10. The molecule has 0 radical (unpaired) electrons. The number of fused-ring (bicyclic) bond motifs is 1. The van der Waals surface area contributed by atoms with Gasteiger partial charge in [0, 0.05) is 11.4 Å². The first-order valence-electron chi connectivity index (χ1n) is 5.21. The van der Waals surface area contributed by atoms with Crippen LogP contribution < -0.4 is 0 Å². The minimum atomic E-state index is 0.0700. The van der Waals surface area contributed by atoms with Crippen molar-refractivity contribution in [1.82, 2.24) is 9.78 Å². The molecule has 0 atom stereocenters. The van der Waals surface area contributed by atoms with E-state index in [9.17, 15) is 5.11 Å². The first kappa shape index (κ1) is 10.2. The van der Waals surface area contributed by atoms with Gasteiger partial charge in [0.2, 0.25) is 0 Å². The average molecular weight is 204 g/mol. The minimum absolute atomic E-state index is 0.0700. The van der Waals surface area contributed by atoms with E-state index in [0.717, 1.165) is 16.5 Å². The van der Waals surface area contributed by atoms with Gasteiger partial charge in [0.15, 0.2) is 0 Å². The van der Waals surface area contributed by atoms with Gasteiger partial charge >= 0.3 is 0 Å². The van der Waals surface area contributed by atoms with Gasteiger partial charge in [0.1, 0.15) is 0 Å². The maximum atomic E-state index is 9.24. The van der Waals surface area contributed by atoms with E-state index < -0.39 is 0 Å². The molecule has 0 spiro atoms. The van der Waals surface area contributed by atoms with Gasteiger partial charge in [0.05, 0.1) is 18.3 Å². The molecule has 3 nitrogen and oxygen atoms in total. The van der Waals surface area contributed by atoms with Crippen LogP contribution in [0.2, 0.25) is 0 Å². The lowest BCUT2D eigenvalue weighted by atomic mass is 10.1. The molecule has 1 heterocycles. The van der Waals surface area contributed by atoms with Gasteiger partial charge in [-0.15, -0.1) is 0 Å². The molecule has 1 aromatic carbocycles. The van der Waals surface area contributed by atoms with Crippen molar-refractivity contribution in [3.05, 3.63) is 29.5 Å². The van der Waals surface area contributed by atoms with Gasteiger partial charge in [-0.25, -0.2) is 0 Å². The summed E-state index contributed by atoms with van der Waals surface area (Å²) in [7, 11) is 0. The van der Waals surface area contributed by atoms with Crippen LogP contribution in [0.25, 0.3) is 10.9 Å². The van der Waals surface area contributed by atoms with E-state index in [1.165, 1.54) is 5.56 Å². The third-order valence-electron chi connectivity index (χ3n) is 2.71. The van der Waals surface area contributed by atoms with Crippen LogP contribution in [0, 0.1) is 6.92 Å². The fraction of sp³-hybridized carbons (Fsp3) is 0.417. The number of aliphatic hydroxyl groups is 1. The largest absolute Gasteiger partial charge is 0.392 e. The fourth-order valence-corrected chi connectivity index (χ4v) is 1.91. The van der Waals surface area contributed by atoms with Crippen molar-refractivity contribution in [3.63, 3.8) is 0 Å². The van der Waals surface area contributed by atoms with E-state index in [4.69, 9.17) is 0 Å². The number of nitrogens with zero attached hydrogens (tertiary/aromatic N) is 2. The quantitative estimate of drug-likeness (QED) is 0.815. The molecule has 0 saturated heterocycles. The van der Waals surface area contributed by atoms with E-state index in [0.29, 0.717) is 6.04 Å². The summed E-state index contributed by atoms with van der Waals surface area (Å²) in [6.07, 6.45) is 1.84. The van der Waals surface area contributed by atoms with Crippen LogP contribution in [0.5, 0.6) is 0 Å². The maximum absolute atomic E-state index is 9.24. The summed E-state index contributed by atoms with van der Waals surface area (Å²) < 4.78 is 2.00. The van der Waals surface area contributed by atoms with Crippen LogP contribution in [-0.4, -0.2) is 14.9 Å². The van der Waals surface area contributed by atoms with Gasteiger partial charge in [0.25, 0.3) is 0 Å². The minimum Gasteiger partial charge on any atom is -0.392 e. The van der Waals surface area contributed by atoms with Crippen molar-refractivity contribution in [1.29, 1.82) is 0 Å². The molecule has 0 aliphatic heterocycles. The van der Waals surface area contributed by atoms with Crippen LogP contribution in [0.15, 0.2) is 18.3 Å². The molecule has 0 aliphatic carbocycles. The van der Waals surface area contributed by atoms with Crippen molar-refractivity contribution < 1.29 is 5.11 Å². The molecular weight excluding hydrogens is 188 g/mol. The molecule has 0 unspecified atom stereocenters. The number of aryl methyl sites for hydroxylation is 1. The van der Waals surface area contributed by atoms with Crippen molar-refractivity contribution >= 4 is 10.9 Å². The Bertz CT molecular complexity index is 486. The second kappa shape index (κ2) is 3.66. The summed E-state index contributed by atoms with van der Waals surface area (Å²) >= 11 is 0. The molecule has 0 fully saturated rings. The Balaban J connectivity index is 2.79. The lowest BCUT2D eigenvalue weighted by molar-refractivity contribution is 0.283. The Kier molecular flexibility index (Phi) is 2.49. The number of rotatable bonds is 2. The monoisotopic (exact) mass is 204 g/mol. The molecule has 80 valence electrons. The summed E-state index contributed by atoms with van der Waals surface area (Å²) in [5.41, 5.74) is 3.28. The topological polar surface area (TPSA) is 38.1 Å². The summed E-state index contributed by atoms with van der Waals surface area (Å²) in [6, 6.07) is 4.34. The number of benzene rings is 1.